The molecule has 0 aliphatic rings. The second-order valence-electron chi connectivity index (χ2n) is 7.40. The summed E-state index contributed by atoms with van der Waals surface area (Å²) in [4.78, 5) is 11.8. The predicted octanol–water partition coefficient (Wildman–Crippen LogP) is 5.45. The number of carbonyl (C=O) groups excluding carboxylic acids is 1. The highest BCUT2D eigenvalue weighted by molar-refractivity contribution is 5.95. The van der Waals surface area contributed by atoms with Crippen LogP contribution in [0.1, 0.15) is 34.1 Å². The van der Waals surface area contributed by atoms with Gasteiger partial charge in [0.2, 0.25) is 0 Å². The van der Waals surface area contributed by atoms with Gasteiger partial charge >= 0.3 is 0 Å². The molecule has 0 amide bonds. The zero-order valence-electron chi connectivity index (χ0n) is 16.1. The van der Waals surface area contributed by atoms with Crippen LogP contribution in [0.15, 0.2) is 67.3 Å². The molecule has 138 valence electrons. The van der Waals surface area contributed by atoms with Gasteiger partial charge in [-0.15, -0.1) is 0 Å². The van der Waals surface area contributed by atoms with Crippen LogP contribution in [0.2, 0.25) is 0 Å². The van der Waals surface area contributed by atoms with Gasteiger partial charge < -0.3 is 9.47 Å². The van der Waals surface area contributed by atoms with Gasteiger partial charge in [0.1, 0.15) is 17.0 Å². The van der Waals surface area contributed by atoms with E-state index in [1.165, 1.54) is 6.08 Å². The van der Waals surface area contributed by atoms with E-state index < -0.39 is 11.2 Å². The maximum absolute atomic E-state index is 11.8. The Balaban J connectivity index is 2.06. The number of carbonyl (C=O) groups is 1. The minimum Gasteiger partial charge on any atom is -0.487 e. The van der Waals surface area contributed by atoms with Gasteiger partial charge in [0, 0.05) is 12.0 Å². The van der Waals surface area contributed by atoms with Crippen molar-refractivity contribution in [2.75, 3.05) is 6.61 Å². The van der Waals surface area contributed by atoms with Gasteiger partial charge in [0.05, 0.1) is 6.61 Å². The van der Waals surface area contributed by atoms with Crippen LogP contribution in [0.5, 0.6) is 5.75 Å². The summed E-state index contributed by atoms with van der Waals surface area (Å²) < 4.78 is 12.1. The highest BCUT2D eigenvalue weighted by atomic mass is 16.5. The molecule has 0 heterocycles. The summed E-state index contributed by atoms with van der Waals surface area (Å²) in [5, 5.41) is 0. The number of hydrogen-bond donors (Lipinski definition) is 0. The van der Waals surface area contributed by atoms with Crippen LogP contribution < -0.4 is 4.74 Å². The molecule has 0 saturated heterocycles. The summed E-state index contributed by atoms with van der Waals surface area (Å²) in [6, 6.07) is 18.2. The summed E-state index contributed by atoms with van der Waals surface area (Å²) in [6.07, 6.45) is 1.96. The van der Waals surface area contributed by atoms with E-state index in [0.717, 1.165) is 16.9 Å². The van der Waals surface area contributed by atoms with E-state index in [1.807, 2.05) is 50.2 Å². The molecule has 2 aromatic carbocycles. The van der Waals surface area contributed by atoms with Crippen molar-refractivity contribution >= 4 is 5.78 Å². The molecule has 0 aliphatic heterocycles. The van der Waals surface area contributed by atoms with E-state index in [-0.39, 0.29) is 5.78 Å². The van der Waals surface area contributed by atoms with Crippen molar-refractivity contribution in [2.24, 2.45) is 0 Å². The number of hydrogen-bond acceptors (Lipinski definition) is 3. The molecule has 2 rings (SSSR count). The van der Waals surface area contributed by atoms with Crippen molar-refractivity contribution in [3.8, 4) is 16.9 Å². The zero-order chi connectivity index (χ0) is 19.2. The normalized spacial score (nSPS) is 11.8. The topological polar surface area (TPSA) is 35.5 Å². The molecule has 0 saturated carbocycles. The molecular weight excluding hydrogens is 324 g/mol. The average Bonchev–Trinajstić information content (AvgIpc) is 2.61. The van der Waals surface area contributed by atoms with Crippen LogP contribution in [0, 0.1) is 0 Å². The van der Waals surface area contributed by atoms with Crippen LogP contribution in [0.25, 0.3) is 11.1 Å². The fourth-order valence-corrected chi connectivity index (χ4v) is 2.63. The summed E-state index contributed by atoms with van der Waals surface area (Å²) >= 11 is 0. The minimum absolute atomic E-state index is 0.120. The molecule has 2 aromatic rings. The van der Waals surface area contributed by atoms with E-state index in [9.17, 15) is 4.79 Å². The fraction of sp³-hybridized carbons (Fsp3) is 0.348. The Labute approximate surface area is 156 Å². The molecule has 26 heavy (non-hydrogen) atoms. The SMILES string of the molecule is C=CC(=O)C(C)(C)OCCC(C)(C)Oc1ccccc1-c1ccccc1. The molecule has 3 heteroatoms. The number of ketones is 1. The first-order valence-corrected chi connectivity index (χ1v) is 8.89. The Kier molecular flexibility index (Phi) is 6.38. The van der Waals surface area contributed by atoms with Crippen LogP contribution in [0.3, 0.4) is 0 Å². The molecule has 0 aromatic heterocycles. The van der Waals surface area contributed by atoms with E-state index >= 15 is 0 Å². The second kappa shape index (κ2) is 8.33. The summed E-state index contributed by atoms with van der Waals surface area (Å²) in [7, 11) is 0. The van der Waals surface area contributed by atoms with Gasteiger partial charge in [-0.1, -0.05) is 55.1 Å². The zero-order valence-corrected chi connectivity index (χ0v) is 16.1. The highest BCUT2D eigenvalue weighted by Gasteiger charge is 2.28. The Morgan fingerprint density at radius 3 is 2.27 bits per heavy atom. The number of ether oxygens (including phenoxy) is 2. The Morgan fingerprint density at radius 1 is 1.00 bits per heavy atom. The first-order valence-electron chi connectivity index (χ1n) is 8.89. The standard InChI is InChI=1S/C23H28O3/c1-6-21(24)23(4,5)25-17-16-22(2,3)26-20-15-11-10-14-19(20)18-12-8-7-9-13-18/h6-15H,1,16-17H2,2-5H3. The van der Waals surface area contributed by atoms with E-state index in [0.29, 0.717) is 13.0 Å². The fourth-order valence-electron chi connectivity index (χ4n) is 2.63. The van der Waals surface area contributed by atoms with Crippen molar-refractivity contribution < 1.29 is 14.3 Å². The minimum atomic E-state index is -0.861. The third kappa shape index (κ3) is 5.30. The molecule has 0 N–H and O–H groups in total. The van der Waals surface area contributed by atoms with Gasteiger partial charge in [-0.25, -0.2) is 0 Å². The van der Waals surface area contributed by atoms with E-state index in [2.05, 4.69) is 24.8 Å². The molecule has 0 unspecified atom stereocenters. The molecule has 0 atom stereocenters. The first kappa shape index (κ1) is 19.9. The lowest BCUT2D eigenvalue weighted by Gasteiger charge is -2.30. The average molecular weight is 352 g/mol. The predicted molar refractivity (Wildman–Crippen MR) is 106 cm³/mol. The molecule has 0 fully saturated rings. The lowest BCUT2D eigenvalue weighted by atomic mass is 10.0. The van der Waals surface area contributed by atoms with Crippen LogP contribution in [-0.2, 0) is 9.53 Å². The first-order chi connectivity index (χ1) is 12.2. The number of para-hydroxylation sites is 1. The summed E-state index contributed by atoms with van der Waals surface area (Å²) in [6.45, 7) is 11.5. The molecule has 3 nitrogen and oxygen atoms in total. The molecular formula is C23H28O3. The van der Waals surface area contributed by atoms with E-state index in [1.54, 1.807) is 13.8 Å². The lowest BCUT2D eigenvalue weighted by Crippen LogP contribution is -2.37. The maximum Gasteiger partial charge on any atom is 0.186 e. The second-order valence-corrected chi connectivity index (χ2v) is 7.40. The van der Waals surface area contributed by atoms with E-state index in [4.69, 9.17) is 9.47 Å². The lowest BCUT2D eigenvalue weighted by molar-refractivity contribution is -0.136. The van der Waals surface area contributed by atoms with Crippen molar-refractivity contribution in [3.63, 3.8) is 0 Å². The number of rotatable bonds is 9. The summed E-state index contributed by atoms with van der Waals surface area (Å²) in [5.41, 5.74) is 0.884. The van der Waals surface area contributed by atoms with Gasteiger partial charge in [0.15, 0.2) is 5.78 Å². The molecule has 0 aliphatic carbocycles. The number of benzene rings is 2. The Hall–Kier alpha value is -2.39. The third-order valence-electron chi connectivity index (χ3n) is 4.30. The third-order valence-corrected chi connectivity index (χ3v) is 4.30. The van der Waals surface area contributed by atoms with Gasteiger partial charge in [-0.3, -0.25) is 4.79 Å². The smallest absolute Gasteiger partial charge is 0.186 e. The quantitative estimate of drug-likeness (QED) is 0.563. The molecule has 0 spiro atoms. The largest absolute Gasteiger partial charge is 0.487 e. The van der Waals surface area contributed by atoms with Crippen LogP contribution in [-0.4, -0.2) is 23.6 Å². The van der Waals surface area contributed by atoms with Crippen molar-refractivity contribution in [1.29, 1.82) is 0 Å². The van der Waals surface area contributed by atoms with Crippen molar-refractivity contribution in [1.82, 2.24) is 0 Å². The molecule has 0 radical (unpaired) electrons. The van der Waals surface area contributed by atoms with Crippen LogP contribution >= 0.6 is 0 Å². The van der Waals surface area contributed by atoms with Gasteiger partial charge in [-0.2, -0.15) is 0 Å². The monoisotopic (exact) mass is 352 g/mol. The van der Waals surface area contributed by atoms with Gasteiger partial charge in [0.25, 0.3) is 0 Å². The van der Waals surface area contributed by atoms with Crippen molar-refractivity contribution in [3.05, 3.63) is 67.3 Å². The Morgan fingerprint density at radius 2 is 1.62 bits per heavy atom. The van der Waals surface area contributed by atoms with Crippen LogP contribution in [0.4, 0.5) is 0 Å². The highest BCUT2D eigenvalue weighted by Crippen LogP contribution is 2.33. The Bertz CT molecular complexity index is 745. The van der Waals surface area contributed by atoms with Crippen molar-refractivity contribution in [2.45, 2.75) is 45.3 Å². The van der Waals surface area contributed by atoms with Gasteiger partial charge in [-0.05, 0) is 45.4 Å². The summed E-state index contributed by atoms with van der Waals surface area (Å²) in [5.74, 6) is 0.718. The molecule has 0 bridgehead atoms. The maximum atomic E-state index is 11.8.